The normalized spacial score (nSPS) is 10.7. The molecule has 0 saturated carbocycles. The van der Waals surface area contributed by atoms with Crippen LogP contribution in [0.5, 0.6) is 0 Å². The molecule has 21 heavy (non-hydrogen) atoms. The van der Waals surface area contributed by atoms with Crippen molar-refractivity contribution in [1.82, 2.24) is 9.78 Å². The van der Waals surface area contributed by atoms with E-state index in [9.17, 15) is 18.4 Å². The molecule has 1 aromatic heterocycles. The third-order valence-electron chi connectivity index (χ3n) is 2.79. The van der Waals surface area contributed by atoms with Crippen LogP contribution in [-0.2, 0) is 6.42 Å². The van der Waals surface area contributed by atoms with E-state index >= 15 is 0 Å². The maximum Gasteiger partial charge on any atom is 0.360 e. The SMILES string of the molecule is CCc1cn(-c2c(F)cc(F)cc2Br)nc(C(=O)O)c1=O. The van der Waals surface area contributed by atoms with Gasteiger partial charge in [-0.05, 0) is 28.4 Å². The van der Waals surface area contributed by atoms with Crippen LogP contribution in [0.1, 0.15) is 23.0 Å². The number of nitrogens with zero attached hydrogens (tertiary/aromatic N) is 2. The summed E-state index contributed by atoms with van der Waals surface area (Å²) in [6.45, 7) is 1.66. The summed E-state index contributed by atoms with van der Waals surface area (Å²) in [6.07, 6.45) is 1.48. The van der Waals surface area contributed by atoms with Crippen LogP contribution in [0.15, 0.2) is 27.6 Å². The molecule has 0 aliphatic rings. The van der Waals surface area contributed by atoms with Gasteiger partial charge in [-0.1, -0.05) is 6.92 Å². The number of benzene rings is 1. The van der Waals surface area contributed by atoms with Crippen molar-refractivity contribution in [2.24, 2.45) is 0 Å². The fourth-order valence-corrected chi connectivity index (χ4v) is 2.39. The Morgan fingerprint density at radius 3 is 2.62 bits per heavy atom. The van der Waals surface area contributed by atoms with Crippen molar-refractivity contribution in [3.05, 3.63) is 55.9 Å². The Labute approximate surface area is 126 Å². The zero-order valence-corrected chi connectivity index (χ0v) is 12.3. The van der Waals surface area contributed by atoms with Crippen molar-refractivity contribution in [3.63, 3.8) is 0 Å². The Bertz CT molecular complexity index is 766. The first-order chi connectivity index (χ1) is 9.85. The zero-order chi connectivity index (χ0) is 15.7. The third kappa shape index (κ3) is 2.85. The Morgan fingerprint density at radius 2 is 2.10 bits per heavy atom. The summed E-state index contributed by atoms with van der Waals surface area (Å²) in [6, 6.07) is 1.66. The van der Waals surface area contributed by atoms with Crippen molar-refractivity contribution in [2.75, 3.05) is 0 Å². The van der Waals surface area contributed by atoms with Gasteiger partial charge in [-0.15, -0.1) is 0 Å². The van der Waals surface area contributed by atoms with E-state index in [4.69, 9.17) is 5.11 Å². The average molecular weight is 359 g/mol. The van der Waals surface area contributed by atoms with Crippen LogP contribution in [-0.4, -0.2) is 20.9 Å². The first kappa shape index (κ1) is 15.3. The summed E-state index contributed by atoms with van der Waals surface area (Å²) in [7, 11) is 0. The Kier molecular flexibility index (Phi) is 4.17. The molecule has 2 rings (SSSR count). The second kappa shape index (κ2) is 5.72. The van der Waals surface area contributed by atoms with E-state index in [2.05, 4.69) is 21.0 Å². The van der Waals surface area contributed by atoms with E-state index in [0.29, 0.717) is 6.07 Å². The number of aromatic nitrogens is 2. The molecule has 0 bridgehead atoms. The molecule has 1 N–H and O–H groups in total. The van der Waals surface area contributed by atoms with Crippen LogP contribution < -0.4 is 5.43 Å². The van der Waals surface area contributed by atoms with Crippen LogP contribution in [0.25, 0.3) is 5.69 Å². The van der Waals surface area contributed by atoms with Crippen LogP contribution in [0.2, 0.25) is 0 Å². The van der Waals surface area contributed by atoms with Crippen LogP contribution >= 0.6 is 15.9 Å². The molecule has 1 heterocycles. The number of carboxylic acid groups (broad SMARTS) is 1. The minimum Gasteiger partial charge on any atom is -0.476 e. The first-order valence-electron chi connectivity index (χ1n) is 5.86. The van der Waals surface area contributed by atoms with Gasteiger partial charge in [0.15, 0.2) is 5.82 Å². The second-order valence-electron chi connectivity index (χ2n) is 4.15. The lowest BCUT2D eigenvalue weighted by molar-refractivity contribution is 0.0686. The van der Waals surface area contributed by atoms with Crippen molar-refractivity contribution in [2.45, 2.75) is 13.3 Å². The second-order valence-corrected chi connectivity index (χ2v) is 5.01. The fraction of sp³-hybridized carbons (Fsp3) is 0.154. The fourth-order valence-electron chi connectivity index (χ4n) is 1.80. The van der Waals surface area contributed by atoms with Crippen LogP contribution in [0.3, 0.4) is 0 Å². The van der Waals surface area contributed by atoms with Gasteiger partial charge < -0.3 is 5.11 Å². The smallest absolute Gasteiger partial charge is 0.360 e. The summed E-state index contributed by atoms with van der Waals surface area (Å²) in [5.41, 5.74) is -1.45. The zero-order valence-electron chi connectivity index (χ0n) is 10.7. The van der Waals surface area contributed by atoms with Crippen LogP contribution in [0.4, 0.5) is 8.78 Å². The number of carboxylic acids is 1. The van der Waals surface area contributed by atoms with E-state index in [1.165, 1.54) is 6.20 Å². The number of hydrogen-bond acceptors (Lipinski definition) is 3. The predicted octanol–water partition coefficient (Wildman–Crippen LogP) is 2.53. The summed E-state index contributed by atoms with van der Waals surface area (Å²) in [5, 5.41) is 12.6. The molecule has 0 spiro atoms. The molecule has 0 atom stereocenters. The molecule has 0 fully saturated rings. The standard InChI is InChI=1S/C13H9BrF2N2O3/c1-2-6-5-18(17-10(12(6)19)13(20)21)11-8(14)3-7(15)4-9(11)16/h3-5H,2H2,1H3,(H,20,21). The quantitative estimate of drug-likeness (QED) is 0.914. The number of halogens is 3. The molecule has 0 saturated heterocycles. The molecule has 0 aliphatic heterocycles. The topological polar surface area (TPSA) is 72.2 Å². The van der Waals surface area contributed by atoms with E-state index in [-0.39, 0.29) is 22.1 Å². The van der Waals surface area contributed by atoms with E-state index in [1.54, 1.807) is 6.92 Å². The third-order valence-corrected chi connectivity index (χ3v) is 3.39. The highest BCUT2D eigenvalue weighted by Crippen LogP contribution is 2.25. The van der Waals surface area contributed by atoms with E-state index in [1.807, 2.05) is 0 Å². The molecule has 0 amide bonds. The predicted molar refractivity (Wildman–Crippen MR) is 73.8 cm³/mol. The number of carbonyl (C=O) groups is 1. The number of hydrogen-bond donors (Lipinski definition) is 1. The molecule has 0 radical (unpaired) electrons. The van der Waals surface area contributed by atoms with Gasteiger partial charge in [-0.3, -0.25) is 4.79 Å². The minimum atomic E-state index is -1.51. The van der Waals surface area contributed by atoms with Gasteiger partial charge >= 0.3 is 5.97 Å². The van der Waals surface area contributed by atoms with Gasteiger partial charge in [0.05, 0.1) is 0 Å². The Morgan fingerprint density at radius 1 is 1.43 bits per heavy atom. The van der Waals surface area contributed by atoms with E-state index in [0.717, 1.165) is 10.7 Å². The summed E-state index contributed by atoms with van der Waals surface area (Å²) in [5.74, 6) is -3.24. The largest absolute Gasteiger partial charge is 0.476 e. The molecule has 0 unspecified atom stereocenters. The molecule has 8 heteroatoms. The summed E-state index contributed by atoms with van der Waals surface area (Å²) in [4.78, 5) is 22.9. The van der Waals surface area contributed by atoms with Gasteiger partial charge in [0, 0.05) is 22.3 Å². The van der Waals surface area contributed by atoms with Gasteiger partial charge in [-0.2, -0.15) is 5.10 Å². The lowest BCUT2D eigenvalue weighted by Crippen LogP contribution is -2.25. The van der Waals surface area contributed by atoms with E-state index < -0.39 is 28.7 Å². The number of rotatable bonds is 3. The Balaban J connectivity index is 2.79. The summed E-state index contributed by atoms with van der Waals surface area (Å²) < 4.78 is 28.0. The summed E-state index contributed by atoms with van der Waals surface area (Å²) >= 11 is 2.99. The van der Waals surface area contributed by atoms with Crippen LogP contribution in [0, 0.1) is 11.6 Å². The molecular formula is C13H9BrF2N2O3. The Hall–Kier alpha value is -2.09. The van der Waals surface area contributed by atoms with Gasteiger partial charge in [0.1, 0.15) is 11.5 Å². The van der Waals surface area contributed by atoms with Crippen molar-refractivity contribution in [3.8, 4) is 5.69 Å². The van der Waals surface area contributed by atoms with Crippen molar-refractivity contribution < 1.29 is 18.7 Å². The number of aryl methyl sites for hydroxylation is 1. The average Bonchev–Trinajstić information content (AvgIpc) is 2.38. The molecule has 110 valence electrons. The van der Waals surface area contributed by atoms with Gasteiger partial charge in [-0.25, -0.2) is 18.3 Å². The first-order valence-corrected chi connectivity index (χ1v) is 6.65. The lowest BCUT2D eigenvalue weighted by atomic mass is 10.2. The molecule has 5 nitrogen and oxygen atoms in total. The maximum atomic E-state index is 13.9. The van der Waals surface area contributed by atoms with Gasteiger partial charge in [0.25, 0.3) is 0 Å². The monoisotopic (exact) mass is 358 g/mol. The van der Waals surface area contributed by atoms with Crippen molar-refractivity contribution >= 4 is 21.9 Å². The van der Waals surface area contributed by atoms with Gasteiger partial charge in [0.2, 0.25) is 11.1 Å². The lowest BCUT2D eigenvalue weighted by Gasteiger charge is -2.11. The molecular weight excluding hydrogens is 350 g/mol. The maximum absolute atomic E-state index is 13.9. The molecule has 1 aromatic carbocycles. The highest BCUT2D eigenvalue weighted by molar-refractivity contribution is 9.10. The molecule has 0 aliphatic carbocycles. The highest BCUT2D eigenvalue weighted by Gasteiger charge is 2.19. The number of aromatic carboxylic acids is 1. The molecule has 2 aromatic rings. The highest BCUT2D eigenvalue weighted by atomic mass is 79.9. The van der Waals surface area contributed by atoms with Crippen molar-refractivity contribution in [1.29, 1.82) is 0 Å². The minimum absolute atomic E-state index is 0.0505.